The maximum Gasteiger partial charge on any atom is 0.243 e. The van der Waals surface area contributed by atoms with Gasteiger partial charge < -0.3 is 5.32 Å². The Balaban J connectivity index is 2.22. The van der Waals surface area contributed by atoms with Crippen molar-refractivity contribution in [1.82, 2.24) is 9.71 Å². The minimum absolute atomic E-state index is 0.145. The molecule has 0 unspecified atom stereocenters. The van der Waals surface area contributed by atoms with Gasteiger partial charge in [0.25, 0.3) is 0 Å². The van der Waals surface area contributed by atoms with Gasteiger partial charge in [-0.1, -0.05) is 26.0 Å². The topological polar surface area (TPSA) is 88.2 Å². The summed E-state index contributed by atoms with van der Waals surface area (Å²) in [6, 6.07) is 9.11. The molecular weight excluding hydrogens is 338 g/mol. The lowest BCUT2D eigenvalue weighted by atomic mass is 10.1. The Morgan fingerprint density at radius 2 is 1.80 bits per heavy atom. The van der Waals surface area contributed by atoms with Crippen LogP contribution in [0.3, 0.4) is 0 Å². The number of nitrogens with zero attached hydrogens (tertiary/aromatic N) is 1. The van der Waals surface area contributed by atoms with Gasteiger partial charge in [0, 0.05) is 6.20 Å². The third-order valence-corrected chi connectivity index (χ3v) is 5.37. The van der Waals surface area contributed by atoms with Gasteiger partial charge in [-0.05, 0) is 55.2 Å². The number of hydrogen-bond donors (Lipinski definition) is 2. The SMILES string of the molecule is Cc1ccc(S(=O)(=O)N[C@@H](C(=O)Nc2ccccn2)C(C)C)cc1C. The molecule has 0 fully saturated rings. The first-order valence-corrected chi connectivity index (χ1v) is 9.50. The first kappa shape index (κ1) is 19.1. The van der Waals surface area contributed by atoms with Crippen LogP contribution in [-0.4, -0.2) is 25.4 Å². The van der Waals surface area contributed by atoms with E-state index >= 15 is 0 Å². The Kier molecular flexibility index (Phi) is 5.92. The molecule has 0 bridgehead atoms. The lowest BCUT2D eigenvalue weighted by Gasteiger charge is -2.21. The molecule has 6 nitrogen and oxygen atoms in total. The van der Waals surface area contributed by atoms with E-state index in [9.17, 15) is 13.2 Å². The maximum atomic E-state index is 12.7. The van der Waals surface area contributed by atoms with Gasteiger partial charge in [-0.15, -0.1) is 0 Å². The number of amides is 1. The zero-order chi connectivity index (χ0) is 18.6. The molecule has 1 aromatic carbocycles. The van der Waals surface area contributed by atoms with Crippen LogP contribution in [0, 0.1) is 19.8 Å². The Hall–Kier alpha value is -2.25. The Morgan fingerprint density at radius 3 is 2.36 bits per heavy atom. The molecule has 0 saturated carbocycles. The second kappa shape index (κ2) is 7.76. The van der Waals surface area contributed by atoms with Crippen molar-refractivity contribution in [2.75, 3.05) is 5.32 Å². The molecular formula is C18H23N3O3S. The van der Waals surface area contributed by atoms with E-state index in [1.165, 1.54) is 0 Å². The molecule has 0 saturated heterocycles. The first-order chi connectivity index (χ1) is 11.7. The number of rotatable bonds is 6. The second-order valence-corrected chi connectivity index (χ2v) is 8.01. The number of pyridine rings is 1. The largest absolute Gasteiger partial charge is 0.309 e. The van der Waals surface area contributed by atoms with E-state index in [0.29, 0.717) is 5.82 Å². The quantitative estimate of drug-likeness (QED) is 0.828. The van der Waals surface area contributed by atoms with E-state index in [0.717, 1.165) is 11.1 Å². The molecule has 1 atom stereocenters. The summed E-state index contributed by atoms with van der Waals surface area (Å²) in [5.41, 5.74) is 1.88. The van der Waals surface area contributed by atoms with Gasteiger partial charge in [0.1, 0.15) is 11.9 Å². The highest BCUT2D eigenvalue weighted by Crippen LogP contribution is 2.17. The zero-order valence-corrected chi connectivity index (χ0v) is 15.6. The van der Waals surface area contributed by atoms with Crippen molar-refractivity contribution in [1.29, 1.82) is 0 Å². The molecule has 1 heterocycles. The van der Waals surface area contributed by atoms with Crippen LogP contribution in [0.25, 0.3) is 0 Å². The number of benzene rings is 1. The summed E-state index contributed by atoms with van der Waals surface area (Å²) in [7, 11) is -3.81. The highest BCUT2D eigenvalue weighted by atomic mass is 32.2. The monoisotopic (exact) mass is 361 g/mol. The fourth-order valence-corrected chi connectivity index (χ4v) is 3.68. The Morgan fingerprint density at radius 1 is 1.08 bits per heavy atom. The molecule has 0 radical (unpaired) electrons. The zero-order valence-electron chi connectivity index (χ0n) is 14.8. The molecule has 0 aliphatic rings. The van der Waals surface area contributed by atoms with Gasteiger partial charge in [0.05, 0.1) is 4.90 Å². The number of anilines is 1. The van der Waals surface area contributed by atoms with Crippen LogP contribution < -0.4 is 10.0 Å². The summed E-state index contributed by atoms with van der Waals surface area (Å²) in [6.45, 7) is 7.33. The van der Waals surface area contributed by atoms with Crippen LogP contribution >= 0.6 is 0 Å². The third-order valence-electron chi connectivity index (χ3n) is 3.94. The molecule has 2 N–H and O–H groups in total. The highest BCUT2D eigenvalue weighted by Gasteiger charge is 2.28. The summed E-state index contributed by atoms with van der Waals surface area (Å²) >= 11 is 0. The number of hydrogen-bond acceptors (Lipinski definition) is 4. The van der Waals surface area contributed by atoms with E-state index in [1.54, 1.807) is 56.4 Å². The number of carbonyl (C=O) groups is 1. The lowest BCUT2D eigenvalue weighted by molar-refractivity contribution is -0.118. The second-order valence-electron chi connectivity index (χ2n) is 6.29. The van der Waals surface area contributed by atoms with Gasteiger partial charge in [0.15, 0.2) is 0 Å². The fraction of sp³-hybridized carbons (Fsp3) is 0.333. The Bertz CT molecular complexity index is 849. The summed E-state index contributed by atoms with van der Waals surface area (Å²) in [5, 5.41) is 2.64. The molecule has 0 aliphatic heterocycles. The fourth-order valence-electron chi connectivity index (χ4n) is 2.25. The smallest absolute Gasteiger partial charge is 0.243 e. The molecule has 134 valence electrons. The number of aryl methyl sites for hydroxylation is 2. The van der Waals surface area contributed by atoms with Gasteiger partial charge in [-0.3, -0.25) is 4.79 Å². The van der Waals surface area contributed by atoms with E-state index in [4.69, 9.17) is 0 Å². The summed E-state index contributed by atoms with van der Waals surface area (Å²) in [4.78, 5) is 16.7. The maximum absolute atomic E-state index is 12.7. The van der Waals surface area contributed by atoms with Crippen molar-refractivity contribution in [3.63, 3.8) is 0 Å². The van der Waals surface area contributed by atoms with Crippen molar-refractivity contribution >= 4 is 21.7 Å². The molecule has 1 aromatic heterocycles. The summed E-state index contributed by atoms with van der Waals surface area (Å²) < 4.78 is 27.8. The average Bonchev–Trinajstić information content (AvgIpc) is 2.55. The van der Waals surface area contributed by atoms with Crippen LogP contribution in [0.15, 0.2) is 47.5 Å². The molecule has 25 heavy (non-hydrogen) atoms. The number of aromatic nitrogens is 1. The number of carbonyl (C=O) groups excluding carboxylic acids is 1. The summed E-state index contributed by atoms with van der Waals surface area (Å²) in [6.07, 6.45) is 1.55. The average molecular weight is 361 g/mol. The first-order valence-electron chi connectivity index (χ1n) is 8.02. The molecule has 0 spiro atoms. The minimum atomic E-state index is -3.81. The predicted octanol–water partition coefficient (Wildman–Crippen LogP) is 2.64. The molecule has 1 amide bonds. The van der Waals surface area contributed by atoms with Gasteiger partial charge in [-0.25, -0.2) is 13.4 Å². The summed E-state index contributed by atoms with van der Waals surface area (Å²) in [5.74, 6) is -0.297. The lowest BCUT2D eigenvalue weighted by Crippen LogP contribution is -2.47. The van der Waals surface area contributed by atoms with Crippen molar-refractivity contribution in [2.24, 2.45) is 5.92 Å². The Labute approximate surface area is 148 Å². The van der Waals surface area contributed by atoms with Crippen molar-refractivity contribution < 1.29 is 13.2 Å². The van der Waals surface area contributed by atoms with Gasteiger partial charge in [0.2, 0.25) is 15.9 Å². The van der Waals surface area contributed by atoms with E-state index in [1.807, 2.05) is 13.8 Å². The van der Waals surface area contributed by atoms with Crippen LogP contribution in [0.5, 0.6) is 0 Å². The van der Waals surface area contributed by atoms with Crippen LogP contribution in [0.4, 0.5) is 5.82 Å². The van der Waals surface area contributed by atoms with Crippen molar-refractivity contribution in [3.05, 3.63) is 53.7 Å². The van der Waals surface area contributed by atoms with Crippen molar-refractivity contribution in [3.8, 4) is 0 Å². The van der Waals surface area contributed by atoms with E-state index in [2.05, 4.69) is 15.0 Å². The standard InChI is InChI=1S/C18H23N3O3S/c1-12(2)17(18(22)20-16-7-5-6-10-19-16)21-25(23,24)15-9-8-13(3)14(4)11-15/h5-12,17,21H,1-4H3,(H,19,20,22)/t17-/m1/s1. The van der Waals surface area contributed by atoms with E-state index in [-0.39, 0.29) is 10.8 Å². The molecule has 2 aromatic rings. The number of sulfonamides is 1. The van der Waals surface area contributed by atoms with E-state index < -0.39 is 22.0 Å². The number of nitrogens with one attached hydrogen (secondary N) is 2. The third kappa shape index (κ3) is 4.87. The molecule has 7 heteroatoms. The van der Waals surface area contributed by atoms with Crippen LogP contribution in [0.2, 0.25) is 0 Å². The molecule has 0 aliphatic carbocycles. The predicted molar refractivity (Wildman–Crippen MR) is 97.7 cm³/mol. The highest BCUT2D eigenvalue weighted by molar-refractivity contribution is 7.89. The van der Waals surface area contributed by atoms with Gasteiger partial charge >= 0.3 is 0 Å². The van der Waals surface area contributed by atoms with Gasteiger partial charge in [-0.2, -0.15) is 4.72 Å². The van der Waals surface area contributed by atoms with Crippen LogP contribution in [0.1, 0.15) is 25.0 Å². The van der Waals surface area contributed by atoms with Crippen LogP contribution in [-0.2, 0) is 14.8 Å². The normalized spacial score (nSPS) is 12.8. The van der Waals surface area contributed by atoms with Crippen molar-refractivity contribution in [2.45, 2.75) is 38.6 Å². The minimum Gasteiger partial charge on any atom is -0.309 e. The molecule has 2 rings (SSSR count).